The molecule has 0 fully saturated rings. The van der Waals surface area contributed by atoms with Gasteiger partial charge in [-0.3, -0.25) is 9.59 Å². The van der Waals surface area contributed by atoms with Crippen molar-refractivity contribution in [2.24, 2.45) is 5.10 Å². The Balaban J connectivity index is 1.45. The number of halogens is 1. The van der Waals surface area contributed by atoms with Gasteiger partial charge in [-0.2, -0.15) is 9.78 Å². The van der Waals surface area contributed by atoms with Gasteiger partial charge in [0.25, 0.3) is 11.8 Å². The Labute approximate surface area is 224 Å². The molecule has 0 saturated carbocycles. The van der Waals surface area contributed by atoms with Crippen molar-refractivity contribution in [3.63, 3.8) is 0 Å². The first-order valence-corrected chi connectivity index (χ1v) is 11.8. The number of rotatable bonds is 9. The third kappa shape index (κ3) is 6.44. The lowest BCUT2D eigenvalue weighted by molar-refractivity contribution is -0.394. The maximum Gasteiger partial charge on any atom is 0.490 e. The van der Waals surface area contributed by atoms with Crippen LogP contribution in [0.15, 0.2) is 82.6 Å². The molecule has 1 heterocycles. The summed E-state index contributed by atoms with van der Waals surface area (Å²) in [7, 11) is 1.50. The first-order valence-electron chi connectivity index (χ1n) is 11.0. The van der Waals surface area contributed by atoms with Crippen LogP contribution >= 0.6 is 15.9 Å². The first-order chi connectivity index (χ1) is 18.3. The van der Waals surface area contributed by atoms with E-state index in [-0.39, 0.29) is 18.0 Å². The number of carbonyl (C=O) groups excluding carboxylic acids is 2. The van der Waals surface area contributed by atoms with Gasteiger partial charge in [0.1, 0.15) is 5.75 Å². The third-order valence-electron chi connectivity index (χ3n) is 5.21. The highest BCUT2D eigenvalue weighted by atomic mass is 79.9. The van der Waals surface area contributed by atoms with Crippen molar-refractivity contribution in [2.45, 2.75) is 6.54 Å². The molecule has 0 saturated heterocycles. The van der Waals surface area contributed by atoms with E-state index in [1.165, 1.54) is 24.3 Å². The lowest BCUT2D eigenvalue weighted by Crippen LogP contribution is -2.21. The number of methoxy groups -OCH3 is 1. The van der Waals surface area contributed by atoms with E-state index < -0.39 is 16.8 Å². The molecule has 4 rings (SSSR count). The number of hydrazone groups is 1. The van der Waals surface area contributed by atoms with Gasteiger partial charge in [-0.25, -0.2) is 5.43 Å². The van der Waals surface area contributed by atoms with Gasteiger partial charge in [0.15, 0.2) is 0 Å². The Morgan fingerprint density at radius 1 is 1.13 bits per heavy atom. The number of hydrogen-bond donors (Lipinski definition) is 2. The molecule has 2 N–H and O–H groups in total. The number of nitrogens with one attached hydrogen (secondary N) is 2. The largest absolute Gasteiger partial charge is 0.496 e. The van der Waals surface area contributed by atoms with Gasteiger partial charge >= 0.3 is 5.95 Å². The molecular formula is C25H20BrN7O5. The monoisotopic (exact) mass is 577 g/mol. The second-order valence-corrected chi connectivity index (χ2v) is 8.70. The number of nitro groups is 1. The highest BCUT2D eigenvalue weighted by molar-refractivity contribution is 9.10. The van der Waals surface area contributed by atoms with Crippen molar-refractivity contribution in [3.05, 3.63) is 110 Å². The second kappa shape index (κ2) is 11.9. The van der Waals surface area contributed by atoms with E-state index in [0.29, 0.717) is 28.1 Å². The highest BCUT2D eigenvalue weighted by Crippen LogP contribution is 2.21. The normalized spacial score (nSPS) is 10.8. The topological polar surface area (TPSA) is 154 Å². The molecule has 0 aliphatic carbocycles. The highest BCUT2D eigenvalue weighted by Gasteiger charge is 2.16. The number of anilines is 1. The van der Waals surface area contributed by atoms with E-state index in [2.05, 4.69) is 41.9 Å². The van der Waals surface area contributed by atoms with Gasteiger partial charge < -0.3 is 20.2 Å². The van der Waals surface area contributed by atoms with Crippen molar-refractivity contribution in [1.29, 1.82) is 0 Å². The summed E-state index contributed by atoms with van der Waals surface area (Å²) >= 11 is 3.34. The average Bonchev–Trinajstić information content (AvgIpc) is 3.38. The summed E-state index contributed by atoms with van der Waals surface area (Å²) in [5, 5.41) is 21.4. The van der Waals surface area contributed by atoms with Crippen LogP contribution in [-0.2, 0) is 6.54 Å². The Kier molecular flexibility index (Phi) is 8.18. The van der Waals surface area contributed by atoms with Gasteiger partial charge in [-0.1, -0.05) is 39.1 Å². The van der Waals surface area contributed by atoms with Gasteiger partial charge in [-0.15, -0.1) is 0 Å². The van der Waals surface area contributed by atoms with Crippen molar-refractivity contribution in [1.82, 2.24) is 20.2 Å². The minimum absolute atomic E-state index is 0.170. The van der Waals surface area contributed by atoms with Gasteiger partial charge in [0.2, 0.25) is 6.33 Å². The number of ether oxygens (including phenoxy) is 1. The summed E-state index contributed by atoms with van der Waals surface area (Å²) in [6, 6.07) is 18.7. The fourth-order valence-corrected chi connectivity index (χ4v) is 3.86. The molecule has 0 aliphatic heterocycles. The van der Waals surface area contributed by atoms with Crippen LogP contribution in [0.25, 0.3) is 0 Å². The molecular weight excluding hydrogens is 558 g/mol. The van der Waals surface area contributed by atoms with Crippen LogP contribution in [0.5, 0.6) is 5.75 Å². The number of para-hydroxylation sites is 1. The maximum absolute atomic E-state index is 12.8. The zero-order chi connectivity index (χ0) is 27.1. The van der Waals surface area contributed by atoms with Crippen molar-refractivity contribution < 1.29 is 19.2 Å². The summed E-state index contributed by atoms with van der Waals surface area (Å²) in [4.78, 5) is 39.3. The Morgan fingerprint density at radius 2 is 1.95 bits per heavy atom. The fraction of sp³-hybridized carbons (Fsp3) is 0.0800. The fourth-order valence-electron chi connectivity index (χ4n) is 3.46. The molecule has 0 unspecified atom stereocenters. The lowest BCUT2D eigenvalue weighted by Gasteiger charge is -2.10. The van der Waals surface area contributed by atoms with Crippen LogP contribution in [0, 0.1) is 10.1 Å². The zero-order valence-electron chi connectivity index (χ0n) is 19.9. The van der Waals surface area contributed by atoms with E-state index in [1.807, 2.05) is 6.07 Å². The molecule has 1 aromatic heterocycles. The molecule has 2 amide bonds. The van der Waals surface area contributed by atoms with Crippen LogP contribution in [0.4, 0.5) is 11.6 Å². The van der Waals surface area contributed by atoms with E-state index in [1.54, 1.807) is 60.7 Å². The standard InChI is InChI=1S/C25H20BrN7O5/c1-38-22-10-9-16(11-18(22)14-32-15-27-25(31-32)33(36)37)13-28-30-24(35)20-7-2-3-8-21(20)29-23(34)17-5-4-6-19(26)12-17/h2-13,15H,14H2,1H3,(H,29,34)(H,30,35)/b28-13+. The van der Waals surface area contributed by atoms with Crippen LogP contribution in [0.3, 0.4) is 0 Å². The van der Waals surface area contributed by atoms with Crippen molar-refractivity contribution >= 4 is 45.6 Å². The lowest BCUT2D eigenvalue weighted by atomic mass is 10.1. The molecule has 0 radical (unpaired) electrons. The second-order valence-electron chi connectivity index (χ2n) is 7.78. The number of hydrogen-bond acceptors (Lipinski definition) is 8. The summed E-state index contributed by atoms with van der Waals surface area (Å²) < 4.78 is 7.44. The number of benzene rings is 3. The SMILES string of the molecule is COc1ccc(/C=N/NC(=O)c2ccccc2NC(=O)c2cccc(Br)c2)cc1Cn1cnc([N+](=O)[O-])n1. The van der Waals surface area contributed by atoms with Crippen LogP contribution in [0.1, 0.15) is 31.8 Å². The number of nitrogens with zero attached hydrogens (tertiary/aromatic N) is 5. The molecule has 0 spiro atoms. The molecule has 13 heteroatoms. The quantitative estimate of drug-likeness (QED) is 0.173. The minimum Gasteiger partial charge on any atom is -0.496 e. The summed E-state index contributed by atoms with van der Waals surface area (Å²) in [5.74, 6) is -0.842. The van der Waals surface area contributed by atoms with Crippen molar-refractivity contribution in [3.8, 4) is 5.75 Å². The number of carbonyl (C=O) groups is 2. The van der Waals surface area contributed by atoms with E-state index in [4.69, 9.17) is 4.74 Å². The van der Waals surface area contributed by atoms with Gasteiger partial charge in [0, 0.05) is 20.7 Å². The molecule has 0 aliphatic rings. The Morgan fingerprint density at radius 3 is 2.68 bits per heavy atom. The van der Waals surface area contributed by atoms with Gasteiger partial charge in [0.05, 0.1) is 31.1 Å². The summed E-state index contributed by atoms with van der Waals surface area (Å²) in [5.41, 5.74) is 4.76. The smallest absolute Gasteiger partial charge is 0.490 e. The van der Waals surface area contributed by atoms with E-state index in [9.17, 15) is 19.7 Å². The molecule has 4 aromatic rings. The Bertz CT molecular complexity index is 1540. The predicted molar refractivity (Wildman–Crippen MR) is 142 cm³/mol. The average molecular weight is 578 g/mol. The zero-order valence-corrected chi connectivity index (χ0v) is 21.5. The summed E-state index contributed by atoms with van der Waals surface area (Å²) in [6.07, 6.45) is 2.69. The third-order valence-corrected chi connectivity index (χ3v) is 5.70. The minimum atomic E-state index is -0.677. The molecule has 0 atom stereocenters. The number of aromatic nitrogens is 3. The first kappa shape index (κ1) is 26.2. The number of amides is 2. The molecule has 12 nitrogen and oxygen atoms in total. The molecule has 38 heavy (non-hydrogen) atoms. The Hall–Kier alpha value is -4.91. The van der Waals surface area contributed by atoms with Crippen LogP contribution < -0.4 is 15.5 Å². The van der Waals surface area contributed by atoms with E-state index >= 15 is 0 Å². The molecule has 3 aromatic carbocycles. The molecule has 192 valence electrons. The van der Waals surface area contributed by atoms with Gasteiger partial charge in [-0.05, 0) is 59.0 Å². The maximum atomic E-state index is 12.8. The van der Waals surface area contributed by atoms with Crippen molar-refractivity contribution in [2.75, 3.05) is 12.4 Å². The van der Waals surface area contributed by atoms with Crippen LogP contribution in [0.2, 0.25) is 0 Å². The predicted octanol–water partition coefficient (Wildman–Crippen LogP) is 4.02. The van der Waals surface area contributed by atoms with E-state index in [0.717, 1.165) is 4.47 Å². The molecule has 0 bridgehead atoms. The summed E-state index contributed by atoms with van der Waals surface area (Å²) in [6.45, 7) is 0.170. The van der Waals surface area contributed by atoms with Crippen LogP contribution in [-0.4, -0.2) is 44.8 Å².